The van der Waals surface area contributed by atoms with Gasteiger partial charge in [-0.05, 0) is 81.7 Å². The van der Waals surface area contributed by atoms with Crippen molar-refractivity contribution in [2.75, 3.05) is 20.3 Å². The van der Waals surface area contributed by atoms with Crippen LogP contribution in [0.2, 0.25) is 18.1 Å². The lowest BCUT2D eigenvalue weighted by molar-refractivity contribution is 0.147. The second kappa shape index (κ2) is 15.1. The molecule has 47 heavy (non-hydrogen) atoms. The Hall–Kier alpha value is -2.87. The fourth-order valence-electron chi connectivity index (χ4n) is 4.55. The average molecular weight is 684 g/mol. The number of rotatable bonds is 14. The molecule has 4 rings (SSSR count). The lowest BCUT2D eigenvalue weighted by Gasteiger charge is -2.36. The van der Waals surface area contributed by atoms with E-state index in [-0.39, 0.29) is 11.5 Å². The zero-order valence-corrected chi connectivity index (χ0v) is 31.2. The van der Waals surface area contributed by atoms with Crippen LogP contribution in [0, 0.1) is 0 Å². The maximum absolute atomic E-state index is 15.3. The SMILES string of the molecule is CC[C@@H](F)[C@H](N[S@+]([O-])C(C)(C)C)c1cccc(-c2cc(OCCOC)c3cnn(-c4cccc(CO[Si](C)(C)C(C)(C)C)n4)c3c2)n1. The first-order chi connectivity index (χ1) is 22.1. The first-order valence-corrected chi connectivity index (χ1v) is 20.1. The van der Waals surface area contributed by atoms with Gasteiger partial charge in [0.25, 0.3) is 0 Å². The van der Waals surface area contributed by atoms with Gasteiger partial charge < -0.3 is 18.5 Å². The van der Waals surface area contributed by atoms with Crippen molar-refractivity contribution in [3.8, 4) is 22.8 Å². The minimum Gasteiger partial charge on any atom is -0.598 e. The van der Waals surface area contributed by atoms with Crippen LogP contribution in [0.3, 0.4) is 0 Å². The zero-order chi connectivity index (χ0) is 34.6. The van der Waals surface area contributed by atoms with Crippen LogP contribution in [0.15, 0.2) is 54.7 Å². The first-order valence-electron chi connectivity index (χ1n) is 16.1. The van der Waals surface area contributed by atoms with Crippen molar-refractivity contribution in [1.82, 2.24) is 24.5 Å². The molecule has 1 aromatic carbocycles. The standard InChI is InChI=1S/C35H50FN5O4SSi/c1-11-27(36)33(40-46(42)34(2,3)4)29-16-13-15-28(39-29)24-20-30-26(31(21-24)44-19-18-43-8)22-37-41(30)32-17-12-14-25(38-32)23-45-47(9,10)35(5,6)7/h12-17,20-22,27,33,40H,11,18-19,23H2,1-10H3/t27-,33+,46-/m1/s1. The van der Waals surface area contributed by atoms with E-state index in [1.165, 1.54) is 0 Å². The smallest absolute Gasteiger partial charge is 0.192 e. The zero-order valence-electron chi connectivity index (χ0n) is 29.4. The fourth-order valence-corrected chi connectivity index (χ4v) is 6.34. The summed E-state index contributed by atoms with van der Waals surface area (Å²) in [6.45, 7) is 19.6. The Morgan fingerprint density at radius 1 is 1.02 bits per heavy atom. The molecular formula is C35H50FN5O4SSi. The Morgan fingerprint density at radius 2 is 1.74 bits per heavy atom. The molecule has 4 aromatic rings. The summed E-state index contributed by atoms with van der Waals surface area (Å²) in [5, 5.41) is 5.61. The minimum atomic E-state index is -1.97. The molecule has 0 aliphatic rings. The number of halogens is 1. The molecule has 0 aliphatic carbocycles. The van der Waals surface area contributed by atoms with Crippen molar-refractivity contribution in [3.05, 3.63) is 66.1 Å². The topological polar surface area (TPSA) is 106 Å². The second-order valence-corrected chi connectivity index (χ2v) is 21.0. The van der Waals surface area contributed by atoms with Gasteiger partial charge in [-0.1, -0.05) is 39.8 Å². The molecule has 3 heterocycles. The molecule has 256 valence electrons. The average Bonchev–Trinajstić information content (AvgIpc) is 3.46. The Bertz CT molecular complexity index is 1640. The van der Waals surface area contributed by atoms with Gasteiger partial charge in [0.1, 0.15) is 29.3 Å². The maximum atomic E-state index is 15.3. The summed E-state index contributed by atoms with van der Waals surface area (Å²) in [5.74, 6) is 1.26. The van der Waals surface area contributed by atoms with E-state index in [4.69, 9.17) is 29.0 Å². The molecule has 0 amide bonds. The maximum Gasteiger partial charge on any atom is 0.192 e. The normalized spacial score (nSPS) is 14.7. The number of ether oxygens (including phenoxy) is 2. The lowest BCUT2D eigenvalue weighted by atomic mass is 10.0. The summed E-state index contributed by atoms with van der Waals surface area (Å²) in [6.07, 6.45) is 0.739. The van der Waals surface area contributed by atoms with Gasteiger partial charge in [0, 0.05) is 24.0 Å². The summed E-state index contributed by atoms with van der Waals surface area (Å²) in [6, 6.07) is 14.4. The van der Waals surface area contributed by atoms with Gasteiger partial charge in [-0.3, -0.25) is 4.98 Å². The van der Waals surface area contributed by atoms with E-state index in [1.54, 1.807) is 31.0 Å². The number of aromatic nitrogens is 4. The molecule has 0 fully saturated rings. The number of benzene rings is 1. The van der Waals surface area contributed by atoms with Crippen molar-refractivity contribution in [1.29, 1.82) is 0 Å². The number of hydrogen-bond acceptors (Lipinski definition) is 8. The quantitative estimate of drug-likeness (QED) is 0.0813. The summed E-state index contributed by atoms with van der Waals surface area (Å²) in [5.41, 5.74) is 3.45. The van der Waals surface area contributed by atoms with Crippen molar-refractivity contribution < 1.29 is 22.8 Å². The van der Waals surface area contributed by atoms with Crippen molar-refractivity contribution in [3.63, 3.8) is 0 Å². The molecule has 0 bridgehead atoms. The summed E-state index contributed by atoms with van der Waals surface area (Å²) >= 11 is -1.49. The van der Waals surface area contributed by atoms with Crippen LogP contribution in [0.1, 0.15) is 72.3 Å². The highest BCUT2D eigenvalue weighted by atomic mass is 32.2. The largest absolute Gasteiger partial charge is 0.598 e. The monoisotopic (exact) mass is 683 g/mol. The summed E-state index contributed by atoms with van der Waals surface area (Å²) in [4.78, 5) is 9.80. The molecule has 0 saturated heterocycles. The fraction of sp³-hybridized carbons (Fsp3) is 0.514. The van der Waals surface area contributed by atoms with Crippen molar-refractivity contribution in [2.24, 2.45) is 0 Å². The van der Waals surface area contributed by atoms with Crippen molar-refractivity contribution in [2.45, 2.75) is 96.6 Å². The Labute approximate surface area is 283 Å². The molecule has 0 aliphatic heterocycles. The van der Waals surface area contributed by atoms with Crippen LogP contribution in [0.5, 0.6) is 5.75 Å². The third-order valence-electron chi connectivity index (χ3n) is 8.52. The third kappa shape index (κ3) is 8.98. The number of methoxy groups -OCH3 is 1. The molecule has 0 radical (unpaired) electrons. The van der Waals surface area contributed by atoms with Crippen LogP contribution in [-0.2, 0) is 27.1 Å². The summed E-state index contributed by atoms with van der Waals surface area (Å²) in [7, 11) is -0.339. The minimum absolute atomic E-state index is 0.0884. The van der Waals surface area contributed by atoms with Gasteiger partial charge >= 0.3 is 0 Å². The van der Waals surface area contributed by atoms with Gasteiger partial charge in [-0.25, -0.2) is 14.1 Å². The molecule has 1 N–H and O–H groups in total. The predicted octanol–water partition coefficient (Wildman–Crippen LogP) is 7.87. The second-order valence-electron chi connectivity index (χ2n) is 14.2. The van der Waals surface area contributed by atoms with E-state index in [0.717, 1.165) is 22.2 Å². The van der Waals surface area contributed by atoms with Gasteiger partial charge in [-0.2, -0.15) is 5.10 Å². The number of nitrogens with one attached hydrogen (secondary N) is 1. The Balaban J connectivity index is 1.77. The Morgan fingerprint density at radius 3 is 2.40 bits per heavy atom. The lowest BCUT2D eigenvalue weighted by Crippen LogP contribution is -2.44. The van der Waals surface area contributed by atoms with E-state index >= 15 is 4.39 Å². The molecule has 3 atom stereocenters. The molecule has 9 nitrogen and oxygen atoms in total. The summed E-state index contributed by atoms with van der Waals surface area (Å²) < 4.78 is 50.4. The molecule has 12 heteroatoms. The number of fused-ring (bicyclic) bond motifs is 1. The van der Waals surface area contributed by atoms with Crippen molar-refractivity contribution >= 4 is 30.6 Å². The highest BCUT2D eigenvalue weighted by molar-refractivity contribution is 7.90. The van der Waals surface area contributed by atoms with Gasteiger partial charge in [-0.15, -0.1) is 4.72 Å². The number of nitrogens with zero attached hydrogens (tertiary/aromatic N) is 4. The van der Waals surface area contributed by atoms with E-state index in [0.29, 0.717) is 42.8 Å². The van der Waals surface area contributed by atoms with E-state index < -0.39 is 36.6 Å². The highest BCUT2D eigenvalue weighted by Crippen LogP contribution is 2.37. The van der Waals surface area contributed by atoms with Crippen LogP contribution < -0.4 is 9.46 Å². The number of alkyl halides is 1. The molecule has 0 unspecified atom stereocenters. The van der Waals surface area contributed by atoms with Crippen LogP contribution in [0.25, 0.3) is 28.0 Å². The van der Waals surface area contributed by atoms with Gasteiger partial charge in [0.05, 0.1) is 47.4 Å². The van der Waals surface area contributed by atoms with Crippen LogP contribution in [0.4, 0.5) is 4.39 Å². The first kappa shape index (κ1) is 37.0. The van der Waals surface area contributed by atoms with E-state index in [1.807, 2.05) is 63.2 Å². The van der Waals surface area contributed by atoms with Crippen LogP contribution >= 0.6 is 0 Å². The number of pyridine rings is 2. The predicted molar refractivity (Wildman–Crippen MR) is 190 cm³/mol. The Kier molecular flexibility index (Phi) is 11.9. The van der Waals surface area contributed by atoms with E-state index in [2.05, 4.69) is 38.6 Å². The number of hydrogen-bond donors (Lipinski definition) is 1. The van der Waals surface area contributed by atoms with E-state index in [9.17, 15) is 4.55 Å². The molecule has 0 saturated carbocycles. The van der Waals surface area contributed by atoms with Gasteiger partial charge in [0.2, 0.25) is 0 Å². The van der Waals surface area contributed by atoms with Crippen LogP contribution in [-0.4, -0.2) is 63.9 Å². The highest BCUT2D eigenvalue weighted by Gasteiger charge is 2.37. The molecule has 3 aromatic heterocycles. The molecular weight excluding hydrogens is 634 g/mol. The molecule has 0 spiro atoms. The van der Waals surface area contributed by atoms with Gasteiger partial charge in [0.15, 0.2) is 14.1 Å². The third-order valence-corrected chi connectivity index (χ3v) is 14.6.